The van der Waals surface area contributed by atoms with E-state index in [0.717, 1.165) is 10.9 Å². The van der Waals surface area contributed by atoms with Gasteiger partial charge in [0, 0.05) is 10.4 Å². The molecular formula is C22H23BrClN3O3. The van der Waals surface area contributed by atoms with E-state index in [1.165, 1.54) is 4.68 Å². The molecule has 0 amide bonds. The van der Waals surface area contributed by atoms with Gasteiger partial charge >= 0.3 is 0 Å². The Hall–Kier alpha value is -2.38. The molecule has 3 rings (SSSR count). The van der Waals surface area contributed by atoms with Crippen molar-refractivity contribution < 1.29 is 9.47 Å². The predicted molar refractivity (Wildman–Crippen MR) is 125 cm³/mol. The Labute approximate surface area is 188 Å². The zero-order valence-electron chi connectivity index (χ0n) is 17.3. The van der Waals surface area contributed by atoms with Crippen LogP contribution in [0.25, 0.3) is 10.9 Å². The molecule has 2 aromatic carbocycles. The van der Waals surface area contributed by atoms with E-state index in [2.05, 4.69) is 21.0 Å². The highest BCUT2D eigenvalue weighted by atomic mass is 79.9. The molecule has 0 bridgehead atoms. The van der Waals surface area contributed by atoms with Crippen molar-refractivity contribution in [3.05, 3.63) is 61.6 Å². The number of fused-ring (bicyclic) bond motifs is 1. The van der Waals surface area contributed by atoms with Gasteiger partial charge in [-0.2, -0.15) is 9.78 Å². The number of halogens is 2. The smallest absolute Gasteiger partial charge is 0.282 e. The van der Waals surface area contributed by atoms with E-state index in [9.17, 15) is 4.79 Å². The van der Waals surface area contributed by atoms with Crippen molar-refractivity contribution in [1.82, 2.24) is 9.66 Å². The van der Waals surface area contributed by atoms with Crippen LogP contribution in [0.1, 0.15) is 44.5 Å². The first kappa shape index (κ1) is 22.3. The molecule has 0 aliphatic heterocycles. The monoisotopic (exact) mass is 491 g/mol. The van der Waals surface area contributed by atoms with Gasteiger partial charge in [-0.1, -0.05) is 41.4 Å². The molecule has 0 spiro atoms. The molecule has 0 unspecified atom stereocenters. The Balaban J connectivity index is 2.15. The lowest BCUT2D eigenvalue weighted by Gasteiger charge is -2.14. The van der Waals surface area contributed by atoms with E-state index >= 15 is 0 Å². The molecule has 30 heavy (non-hydrogen) atoms. The number of nitrogens with zero attached hydrogens (tertiary/aromatic N) is 3. The molecule has 3 aromatic rings. The summed E-state index contributed by atoms with van der Waals surface area (Å²) in [6.45, 7) is 6.41. The van der Waals surface area contributed by atoms with Crippen LogP contribution in [0.3, 0.4) is 0 Å². The van der Waals surface area contributed by atoms with Crippen LogP contribution in [-0.2, 0) is 0 Å². The summed E-state index contributed by atoms with van der Waals surface area (Å²) in [7, 11) is 1.55. The lowest BCUT2D eigenvalue weighted by molar-refractivity contribution is 0.311. The molecule has 8 heteroatoms. The number of ether oxygens (including phenoxy) is 2. The van der Waals surface area contributed by atoms with Crippen molar-refractivity contribution in [2.75, 3.05) is 13.7 Å². The average Bonchev–Trinajstić information content (AvgIpc) is 2.74. The Morgan fingerprint density at radius 2 is 2.07 bits per heavy atom. The minimum absolute atomic E-state index is 0.0568. The highest BCUT2D eigenvalue weighted by Gasteiger charge is 2.16. The molecule has 1 aromatic heterocycles. The summed E-state index contributed by atoms with van der Waals surface area (Å²) in [4.78, 5) is 17.9. The third kappa shape index (κ3) is 4.52. The van der Waals surface area contributed by atoms with Crippen molar-refractivity contribution in [1.29, 1.82) is 0 Å². The van der Waals surface area contributed by atoms with Crippen LogP contribution in [0, 0.1) is 0 Å². The van der Waals surface area contributed by atoms with E-state index in [0.29, 0.717) is 45.4 Å². The van der Waals surface area contributed by atoms with Crippen LogP contribution in [-0.4, -0.2) is 29.6 Å². The Kier molecular flexibility index (Phi) is 7.15. The van der Waals surface area contributed by atoms with Gasteiger partial charge in [-0.15, -0.1) is 0 Å². The highest BCUT2D eigenvalue weighted by molar-refractivity contribution is 9.10. The Bertz CT molecular complexity index is 1160. The van der Waals surface area contributed by atoms with E-state index in [1.807, 2.05) is 32.9 Å². The first-order valence-electron chi connectivity index (χ1n) is 9.66. The molecule has 0 saturated carbocycles. The third-order valence-corrected chi connectivity index (χ3v) is 5.52. The fourth-order valence-electron chi connectivity index (χ4n) is 3.00. The maximum Gasteiger partial charge on any atom is 0.282 e. The molecule has 0 saturated heterocycles. The van der Waals surface area contributed by atoms with Crippen LogP contribution < -0.4 is 15.0 Å². The van der Waals surface area contributed by atoms with E-state index < -0.39 is 0 Å². The zero-order valence-corrected chi connectivity index (χ0v) is 19.6. The largest absolute Gasteiger partial charge is 0.493 e. The van der Waals surface area contributed by atoms with Crippen molar-refractivity contribution in [3.8, 4) is 11.5 Å². The normalized spacial score (nSPS) is 12.5. The first-order chi connectivity index (χ1) is 14.4. The summed E-state index contributed by atoms with van der Waals surface area (Å²) in [6, 6.07) is 8.94. The second-order valence-corrected chi connectivity index (χ2v) is 8.09. The second kappa shape index (κ2) is 9.62. The van der Waals surface area contributed by atoms with Gasteiger partial charge in [-0.3, -0.25) is 4.79 Å². The number of aromatic nitrogens is 2. The van der Waals surface area contributed by atoms with Crippen LogP contribution in [0.5, 0.6) is 11.5 Å². The van der Waals surface area contributed by atoms with E-state index in [1.54, 1.807) is 31.5 Å². The molecular weight excluding hydrogens is 470 g/mol. The molecule has 1 heterocycles. The fraction of sp³-hybridized carbons (Fsp3) is 0.318. The summed E-state index contributed by atoms with van der Waals surface area (Å²) >= 11 is 9.77. The summed E-state index contributed by atoms with van der Waals surface area (Å²) < 4.78 is 13.1. The molecule has 1 atom stereocenters. The number of benzene rings is 2. The molecule has 0 fully saturated rings. The van der Waals surface area contributed by atoms with Gasteiger partial charge in [-0.05, 0) is 49.2 Å². The lowest BCUT2D eigenvalue weighted by atomic mass is 10.1. The minimum Gasteiger partial charge on any atom is -0.493 e. The quantitative estimate of drug-likeness (QED) is 0.402. The topological polar surface area (TPSA) is 65.7 Å². The minimum atomic E-state index is -0.225. The molecule has 0 aliphatic rings. The van der Waals surface area contributed by atoms with Gasteiger partial charge in [0.25, 0.3) is 5.56 Å². The van der Waals surface area contributed by atoms with Crippen molar-refractivity contribution in [2.24, 2.45) is 5.10 Å². The number of hydrogen-bond donors (Lipinski definition) is 0. The molecule has 6 nitrogen and oxygen atoms in total. The van der Waals surface area contributed by atoms with Crippen LogP contribution in [0.2, 0.25) is 5.02 Å². The summed E-state index contributed by atoms with van der Waals surface area (Å²) in [5.41, 5.74) is 1.10. The van der Waals surface area contributed by atoms with Gasteiger partial charge in [0.1, 0.15) is 5.82 Å². The predicted octanol–water partition coefficient (Wildman–Crippen LogP) is 5.62. The molecule has 0 aliphatic carbocycles. The van der Waals surface area contributed by atoms with E-state index in [4.69, 9.17) is 26.1 Å². The third-order valence-electron chi connectivity index (χ3n) is 4.75. The van der Waals surface area contributed by atoms with Gasteiger partial charge in [0.05, 0.1) is 35.9 Å². The summed E-state index contributed by atoms with van der Waals surface area (Å²) in [5, 5.41) is 5.37. The maximum absolute atomic E-state index is 13.2. The standard InChI is InChI=1S/C22H23BrClN3O3/c1-5-13(3)21-26-18-8-7-15(23)11-16(18)22(28)27(21)25-12-14-9-17(24)20(30-6-2)19(10-14)29-4/h7-13H,5-6H2,1-4H3/t13-/m0/s1. The molecule has 158 valence electrons. The SMILES string of the molecule is CCOc1c(Cl)cc(C=Nn2c([C@@H](C)CC)nc3ccc(Br)cc3c2=O)cc1OC. The fourth-order valence-corrected chi connectivity index (χ4v) is 3.64. The second-order valence-electron chi connectivity index (χ2n) is 6.77. The lowest BCUT2D eigenvalue weighted by Crippen LogP contribution is -2.23. The first-order valence-corrected chi connectivity index (χ1v) is 10.8. The van der Waals surface area contributed by atoms with Crippen LogP contribution >= 0.6 is 27.5 Å². The summed E-state index contributed by atoms with van der Waals surface area (Å²) in [6.07, 6.45) is 2.40. The van der Waals surface area contributed by atoms with Crippen molar-refractivity contribution >= 4 is 44.6 Å². The molecule has 0 N–H and O–H groups in total. The zero-order chi connectivity index (χ0) is 21.8. The highest BCUT2D eigenvalue weighted by Crippen LogP contribution is 2.36. The Morgan fingerprint density at radius 1 is 1.30 bits per heavy atom. The van der Waals surface area contributed by atoms with E-state index in [-0.39, 0.29) is 11.5 Å². The number of methoxy groups -OCH3 is 1. The Morgan fingerprint density at radius 3 is 2.73 bits per heavy atom. The number of rotatable bonds is 7. The summed E-state index contributed by atoms with van der Waals surface area (Å²) in [5.74, 6) is 1.65. The maximum atomic E-state index is 13.2. The van der Waals surface area contributed by atoms with Gasteiger partial charge in [0.2, 0.25) is 0 Å². The van der Waals surface area contributed by atoms with Gasteiger partial charge in [0.15, 0.2) is 11.5 Å². The molecule has 0 radical (unpaired) electrons. The van der Waals surface area contributed by atoms with Gasteiger partial charge < -0.3 is 9.47 Å². The van der Waals surface area contributed by atoms with Crippen molar-refractivity contribution in [2.45, 2.75) is 33.1 Å². The number of hydrogen-bond acceptors (Lipinski definition) is 5. The average molecular weight is 493 g/mol. The van der Waals surface area contributed by atoms with Gasteiger partial charge in [-0.25, -0.2) is 4.98 Å². The van der Waals surface area contributed by atoms with Crippen LogP contribution in [0.4, 0.5) is 0 Å². The van der Waals surface area contributed by atoms with Crippen LogP contribution in [0.15, 0.2) is 44.7 Å². The van der Waals surface area contributed by atoms with Crippen molar-refractivity contribution in [3.63, 3.8) is 0 Å².